The van der Waals surface area contributed by atoms with Crippen molar-refractivity contribution in [3.63, 3.8) is 0 Å². The van der Waals surface area contributed by atoms with Crippen LogP contribution in [0.15, 0.2) is 48.0 Å². The van der Waals surface area contributed by atoms with E-state index >= 15 is 0 Å². The average molecular weight is 305 g/mol. The summed E-state index contributed by atoms with van der Waals surface area (Å²) in [5.74, 6) is -2.53. The fourth-order valence-electron chi connectivity index (χ4n) is 1.07. The molecule has 0 aliphatic carbocycles. The van der Waals surface area contributed by atoms with Crippen molar-refractivity contribution in [2.24, 2.45) is 0 Å². The molecule has 0 saturated heterocycles. The van der Waals surface area contributed by atoms with E-state index in [0.717, 1.165) is 6.07 Å². The van der Waals surface area contributed by atoms with Gasteiger partial charge in [0.05, 0.1) is 11.5 Å². The van der Waals surface area contributed by atoms with Crippen LogP contribution >= 0.6 is 11.9 Å². The molecule has 1 aliphatic heterocycles. The molecule has 0 aromatic heterocycles. The molecule has 0 spiro atoms. The van der Waals surface area contributed by atoms with Crippen molar-refractivity contribution >= 4 is 23.9 Å². The molecule has 0 radical (unpaired) electrons. The van der Waals surface area contributed by atoms with E-state index in [1.807, 2.05) is 28.5 Å². The molecule has 0 saturated carbocycles. The SMILES string of the molecule is C1=C[NH2+]SC=C1.O=C([O-])c1cccc(C(=O)O)c1.[Na+].[OH-]. The fourth-order valence-corrected chi connectivity index (χ4v) is 1.52. The molecule has 0 bridgehead atoms. The van der Waals surface area contributed by atoms with Gasteiger partial charge in [-0.1, -0.05) is 12.1 Å². The summed E-state index contributed by atoms with van der Waals surface area (Å²) in [7, 11) is 0. The van der Waals surface area contributed by atoms with Gasteiger partial charge in [-0.3, -0.25) is 4.72 Å². The van der Waals surface area contributed by atoms with Crippen LogP contribution < -0.4 is 39.4 Å². The van der Waals surface area contributed by atoms with E-state index in [0.29, 0.717) is 0 Å². The molecule has 0 fully saturated rings. The van der Waals surface area contributed by atoms with Gasteiger partial charge in [0.2, 0.25) is 0 Å². The summed E-state index contributed by atoms with van der Waals surface area (Å²) < 4.78 is 2.04. The van der Waals surface area contributed by atoms with Gasteiger partial charge in [0.25, 0.3) is 0 Å². The maximum atomic E-state index is 10.4. The number of quaternary nitrogens is 1. The number of nitrogens with two attached hydrogens (primary N) is 1. The third-order valence-corrected chi connectivity index (χ3v) is 2.51. The Bertz CT molecular complexity index is 463. The maximum absolute atomic E-state index is 10.4. The van der Waals surface area contributed by atoms with Crippen LogP contribution in [0.2, 0.25) is 0 Å². The zero-order valence-corrected chi connectivity index (χ0v) is 13.5. The smallest absolute Gasteiger partial charge is 0.870 e. The molecular weight excluding hydrogens is 293 g/mol. The van der Waals surface area contributed by atoms with E-state index in [4.69, 9.17) is 5.11 Å². The fraction of sp³-hybridized carbons (Fsp3) is 0. The molecular formula is C12H12NNaO5S. The van der Waals surface area contributed by atoms with E-state index < -0.39 is 11.9 Å². The molecule has 1 aliphatic rings. The van der Waals surface area contributed by atoms with Crippen molar-refractivity contribution in [2.75, 3.05) is 0 Å². The van der Waals surface area contributed by atoms with Crippen LogP contribution in [-0.2, 0) is 0 Å². The molecule has 102 valence electrons. The van der Waals surface area contributed by atoms with E-state index in [9.17, 15) is 14.7 Å². The Hall–Kier alpha value is -1.09. The Morgan fingerprint density at radius 1 is 1.20 bits per heavy atom. The number of carboxylic acid groups (broad SMARTS) is 2. The number of hydrogen-bond acceptors (Lipinski definition) is 5. The Morgan fingerprint density at radius 2 is 1.85 bits per heavy atom. The predicted octanol–water partition coefficient (Wildman–Crippen LogP) is -3.19. The zero-order valence-electron chi connectivity index (χ0n) is 10.7. The second-order valence-corrected chi connectivity index (χ2v) is 3.98. The Balaban J connectivity index is 0. The minimum atomic E-state index is -1.38. The molecule has 0 amide bonds. The number of rotatable bonds is 2. The summed E-state index contributed by atoms with van der Waals surface area (Å²) in [6, 6.07) is 5.00. The van der Waals surface area contributed by atoms with Crippen molar-refractivity contribution in [2.45, 2.75) is 0 Å². The van der Waals surface area contributed by atoms with Crippen molar-refractivity contribution in [3.05, 3.63) is 59.2 Å². The largest absolute Gasteiger partial charge is 1.00 e. The van der Waals surface area contributed by atoms with Crippen molar-refractivity contribution < 1.29 is 59.6 Å². The summed E-state index contributed by atoms with van der Waals surface area (Å²) in [6.07, 6.45) is 6.05. The third kappa shape index (κ3) is 8.16. The summed E-state index contributed by atoms with van der Waals surface area (Å²) >= 11 is 1.70. The van der Waals surface area contributed by atoms with Gasteiger partial charge in [-0.05, 0) is 29.8 Å². The molecule has 4 N–H and O–H groups in total. The van der Waals surface area contributed by atoms with Gasteiger partial charge >= 0.3 is 35.5 Å². The summed E-state index contributed by atoms with van der Waals surface area (Å²) in [6.45, 7) is 0. The molecule has 0 unspecified atom stereocenters. The summed E-state index contributed by atoms with van der Waals surface area (Å²) in [5, 5.41) is 20.8. The molecule has 8 heteroatoms. The van der Waals surface area contributed by atoms with Gasteiger partial charge in [0.1, 0.15) is 18.1 Å². The van der Waals surface area contributed by atoms with Crippen LogP contribution in [-0.4, -0.2) is 22.5 Å². The standard InChI is InChI=1S/C8H6O4.C4H5NS.Na.H2O/c9-7(10)5-2-1-3-6(4-5)8(11)12;1-2-4-6-5-3-1;;/h1-4H,(H,9,10)(H,11,12);1-5H;;1H2/q;;+1;/p-1. The number of aromatic carboxylic acids is 2. The molecule has 1 aromatic rings. The minimum Gasteiger partial charge on any atom is -0.870 e. The predicted molar refractivity (Wildman–Crippen MR) is 67.5 cm³/mol. The Kier molecular flexibility index (Phi) is 12.4. The van der Waals surface area contributed by atoms with Crippen LogP contribution in [0.1, 0.15) is 20.7 Å². The van der Waals surface area contributed by atoms with E-state index in [-0.39, 0.29) is 46.2 Å². The van der Waals surface area contributed by atoms with Gasteiger partial charge in [-0.25, -0.2) is 4.79 Å². The Morgan fingerprint density at radius 3 is 2.20 bits per heavy atom. The second kappa shape index (κ2) is 11.7. The Labute approximate surface area is 142 Å². The first-order valence-electron chi connectivity index (χ1n) is 4.96. The molecule has 6 nitrogen and oxygen atoms in total. The first-order valence-corrected chi connectivity index (χ1v) is 5.90. The molecule has 2 rings (SSSR count). The van der Waals surface area contributed by atoms with E-state index in [1.165, 1.54) is 18.2 Å². The van der Waals surface area contributed by atoms with E-state index in [1.54, 1.807) is 11.9 Å². The number of benzene rings is 1. The topological polar surface area (TPSA) is 124 Å². The van der Waals surface area contributed by atoms with Crippen LogP contribution in [0.25, 0.3) is 0 Å². The van der Waals surface area contributed by atoms with Crippen LogP contribution in [0, 0.1) is 0 Å². The number of carboxylic acids is 2. The van der Waals surface area contributed by atoms with Gasteiger partial charge in [-0.15, -0.1) is 0 Å². The third-order valence-electron chi connectivity index (χ3n) is 1.88. The molecule has 0 atom stereocenters. The van der Waals surface area contributed by atoms with Gasteiger partial charge in [-0.2, -0.15) is 0 Å². The monoisotopic (exact) mass is 305 g/mol. The molecule has 20 heavy (non-hydrogen) atoms. The molecule has 1 aromatic carbocycles. The normalized spacial score (nSPS) is 11.2. The number of allylic oxidation sites excluding steroid dienone is 2. The van der Waals surface area contributed by atoms with E-state index in [2.05, 4.69) is 0 Å². The summed E-state index contributed by atoms with van der Waals surface area (Å²) in [4.78, 5) is 20.6. The zero-order chi connectivity index (χ0) is 13.4. The summed E-state index contributed by atoms with van der Waals surface area (Å²) in [5.41, 5.74) is -0.188. The second-order valence-electron chi connectivity index (χ2n) is 3.16. The number of carbonyl (C=O) groups excluding carboxylic acids is 1. The quantitative estimate of drug-likeness (QED) is 0.438. The maximum Gasteiger partial charge on any atom is 1.00 e. The first-order chi connectivity index (χ1) is 8.61. The molecule has 1 heterocycles. The minimum absolute atomic E-state index is 0. The van der Waals surface area contributed by atoms with Gasteiger partial charge in [0.15, 0.2) is 0 Å². The number of hydrogen-bond donors (Lipinski definition) is 2. The van der Waals surface area contributed by atoms with Crippen LogP contribution in [0.3, 0.4) is 0 Å². The van der Waals surface area contributed by atoms with Gasteiger partial charge in [0, 0.05) is 5.41 Å². The van der Waals surface area contributed by atoms with Crippen molar-refractivity contribution in [1.29, 1.82) is 0 Å². The van der Waals surface area contributed by atoms with Crippen molar-refractivity contribution in [1.82, 2.24) is 0 Å². The number of carbonyl (C=O) groups is 2. The average Bonchev–Trinajstić information content (AvgIpc) is 2.41. The van der Waals surface area contributed by atoms with Crippen LogP contribution in [0.4, 0.5) is 0 Å². The van der Waals surface area contributed by atoms with Crippen LogP contribution in [0.5, 0.6) is 0 Å². The van der Waals surface area contributed by atoms with Gasteiger partial charge < -0.3 is 20.5 Å². The first kappa shape index (κ1) is 21.2. The van der Waals surface area contributed by atoms with Crippen molar-refractivity contribution in [3.8, 4) is 0 Å².